The predicted molar refractivity (Wildman–Crippen MR) is 73.2 cm³/mol. The third kappa shape index (κ3) is 2.82. The molecule has 1 aliphatic heterocycles. The number of nitrogens with zero attached hydrogens (tertiary/aromatic N) is 1. The maximum Gasteiger partial charge on any atom is 0.249 e. The SMILES string of the molecule is CCC1NC(=O)CCN(c2cc(F)c(Br)cc2F)C1=O. The van der Waals surface area contributed by atoms with Crippen LogP contribution in [-0.4, -0.2) is 24.4 Å². The van der Waals surface area contributed by atoms with Gasteiger partial charge in [-0.3, -0.25) is 9.59 Å². The van der Waals surface area contributed by atoms with E-state index >= 15 is 0 Å². The smallest absolute Gasteiger partial charge is 0.249 e. The molecule has 1 unspecified atom stereocenters. The van der Waals surface area contributed by atoms with E-state index in [1.54, 1.807) is 6.92 Å². The van der Waals surface area contributed by atoms with Crippen molar-refractivity contribution in [1.82, 2.24) is 5.32 Å². The molecular formula is C13H13BrF2N2O2. The van der Waals surface area contributed by atoms with Crippen LogP contribution in [0.5, 0.6) is 0 Å². The van der Waals surface area contributed by atoms with E-state index in [1.165, 1.54) is 0 Å². The summed E-state index contributed by atoms with van der Waals surface area (Å²) in [6.07, 6.45) is 0.446. The molecule has 108 valence electrons. The van der Waals surface area contributed by atoms with Crippen LogP contribution in [0, 0.1) is 11.6 Å². The van der Waals surface area contributed by atoms with Crippen molar-refractivity contribution < 1.29 is 18.4 Å². The number of rotatable bonds is 2. The summed E-state index contributed by atoms with van der Waals surface area (Å²) in [6.45, 7) is 1.77. The quantitative estimate of drug-likeness (QED) is 0.835. The van der Waals surface area contributed by atoms with E-state index in [-0.39, 0.29) is 29.0 Å². The summed E-state index contributed by atoms with van der Waals surface area (Å²) >= 11 is 2.88. The second-order valence-electron chi connectivity index (χ2n) is 4.49. The zero-order valence-corrected chi connectivity index (χ0v) is 12.3. The first-order chi connectivity index (χ1) is 9.43. The monoisotopic (exact) mass is 346 g/mol. The Labute approximate surface area is 123 Å². The molecule has 1 aliphatic rings. The summed E-state index contributed by atoms with van der Waals surface area (Å²) in [5, 5.41) is 2.57. The molecule has 0 bridgehead atoms. The van der Waals surface area contributed by atoms with Crippen molar-refractivity contribution in [3.8, 4) is 0 Å². The van der Waals surface area contributed by atoms with E-state index in [0.29, 0.717) is 6.42 Å². The molecule has 1 fully saturated rings. The minimum Gasteiger partial charge on any atom is -0.344 e. The van der Waals surface area contributed by atoms with Crippen molar-refractivity contribution in [2.24, 2.45) is 0 Å². The van der Waals surface area contributed by atoms with Crippen molar-refractivity contribution in [3.63, 3.8) is 0 Å². The van der Waals surface area contributed by atoms with Crippen LogP contribution in [0.25, 0.3) is 0 Å². The Morgan fingerprint density at radius 2 is 2.05 bits per heavy atom. The van der Waals surface area contributed by atoms with Crippen molar-refractivity contribution in [3.05, 3.63) is 28.2 Å². The van der Waals surface area contributed by atoms with Gasteiger partial charge in [-0.25, -0.2) is 8.78 Å². The van der Waals surface area contributed by atoms with Gasteiger partial charge in [-0.2, -0.15) is 0 Å². The van der Waals surface area contributed by atoms with E-state index in [0.717, 1.165) is 17.0 Å². The topological polar surface area (TPSA) is 49.4 Å². The molecular weight excluding hydrogens is 334 g/mol. The summed E-state index contributed by atoms with van der Waals surface area (Å²) in [6, 6.07) is 1.22. The lowest BCUT2D eigenvalue weighted by atomic mass is 10.2. The molecule has 20 heavy (non-hydrogen) atoms. The van der Waals surface area contributed by atoms with Gasteiger partial charge in [0.05, 0.1) is 10.2 Å². The molecule has 1 atom stereocenters. The van der Waals surface area contributed by atoms with Crippen molar-refractivity contribution in [2.45, 2.75) is 25.8 Å². The first kappa shape index (κ1) is 14.9. The highest BCUT2D eigenvalue weighted by Gasteiger charge is 2.31. The van der Waals surface area contributed by atoms with E-state index in [2.05, 4.69) is 21.2 Å². The van der Waals surface area contributed by atoms with Crippen LogP contribution in [0.15, 0.2) is 16.6 Å². The first-order valence-corrected chi connectivity index (χ1v) is 6.98. The third-order valence-electron chi connectivity index (χ3n) is 3.15. The lowest BCUT2D eigenvalue weighted by Gasteiger charge is -2.24. The fraction of sp³-hybridized carbons (Fsp3) is 0.385. The molecule has 0 saturated carbocycles. The fourth-order valence-electron chi connectivity index (χ4n) is 2.07. The van der Waals surface area contributed by atoms with Gasteiger partial charge >= 0.3 is 0 Å². The van der Waals surface area contributed by atoms with Crippen LogP contribution in [-0.2, 0) is 9.59 Å². The number of carbonyl (C=O) groups is 2. The summed E-state index contributed by atoms with van der Waals surface area (Å²) in [4.78, 5) is 24.9. The minimum atomic E-state index is -0.712. The van der Waals surface area contributed by atoms with E-state index < -0.39 is 23.6 Å². The minimum absolute atomic E-state index is 0.0118. The molecule has 1 aromatic rings. The number of halogens is 3. The van der Waals surface area contributed by atoms with Crippen molar-refractivity contribution in [1.29, 1.82) is 0 Å². The van der Waals surface area contributed by atoms with Crippen LogP contribution in [0.3, 0.4) is 0 Å². The van der Waals surface area contributed by atoms with Gasteiger partial charge in [-0.1, -0.05) is 6.92 Å². The van der Waals surface area contributed by atoms with Gasteiger partial charge in [0, 0.05) is 19.0 Å². The Morgan fingerprint density at radius 1 is 1.35 bits per heavy atom. The van der Waals surface area contributed by atoms with E-state index in [9.17, 15) is 18.4 Å². The average Bonchev–Trinajstić information content (AvgIpc) is 2.54. The zero-order chi connectivity index (χ0) is 14.9. The van der Waals surface area contributed by atoms with Crippen molar-refractivity contribution >= 4 is 33.4 Å². The number of carbonyl (C=O) groups excluding carboxylic acids is 2. The molecule has 0 radical (unpaired) electrons. The molecule has 0 aromatic heterocycles. The van der Waals surface area contributed by atoms with Gasteiger partial charge in [0.1, 0.15) is 17.7 Å². The molecule has 1 aromatic carbocycles. The maximum atomic E-state index is 14.0. The van der Waals surface area contributed by atoms with Gasteiger partial charge in [-0.05, 0) is 28.4 Å². The number of benzene rings is 1. The van der Waals surface area contributed by atoms with Crippen molar-refractivity contribution in [2.75, 3.05) is 11.4 Å². The van der Waals surface area contributed by atoms with Gasteiger partial charge in [0.2, 0.25) is 11.8 Å². The Bertz CT molecular complexity index is 566. The second-order valence-corrected chi connectivity index (χ2v) is 5.34. The molecule has 1 heterocycles. The van der Waals surface area contributed by atoms with E-state index in [4.69, 9.17) is 0 Å². The molecule has 7 heteroatoms. The Hall–Kier alpha value is -1.50. The van der Waals surface area contributed by atoms with Crippen LogP contribution in [0.4, 0.5) is 14.5 Å². The summed E-state index contributed by atoms with van der Waals surface area (Å²) in [5.74, 6) is -2.08. The Balaban J connectivity index is 2.42. The number of nitrogens with one attached hydrogen (secondary N) is 1. The van der Waals surface area contributed by atoms with Crippen LogP contribution < -0.4 is 10.2 Å². The second kappa shape index (κ2) is 5.87. The molecule has 2 amide bonds. The lowest BCUT2D eigenvalue weighted by Crippen LogP contribution is -2.44. The molecule has 2 rings (SSSR count). The zero-order valence-electron chi connectivity index (χ0n) is 10.8. The van der Waals surface area contributed by atoms with Gasteiger partial charge in [-0.15, -0.1) is 0 Å². The van der Waals surface area contributed by atoms with Gasteiger partial charge in [0.25, 0.3) is 0 Å². The number of hydrogen-bond acceptors (Lipinski definition) is 2. The average molecular weight is 347 g/mol. The van der Waals surface area contributed by atoms with Crippen LogP contribution in [0.2, 0.25) is 0 Å². The lowest BCUT2D eigenvalue weighted by molar-refractivity contribution is -0.125. The van der Waals surface area contributed by atoms with Gasteiger partial charge < -0.3 is 10.2 Å². The highest BCUT2D eigenvalue weighted by Crippen LogP contribution is 2.27. The highest BCUT2D eigenvalue weighted by atomic mass is 79.9. The number of anilines is 1. The molecule has 1 N–H and O–H groups in total. The van der Waals surface area contributed by atoms with Crippen LogP contribution >= 0.6 is 15.9 Å². The summed E-state index contributed by atoms with van der Waals surface area (Å²) in [5.41, 5.74) is -0.148. The summed E-state index contributed by atoms with van der Waals surface area (Å²) in [7, 11) is 0. The third-order valence-corrected chi connectivity index (χ3v) is 3.76. The normalized spacial score (nSPS) is 19.8. The predicted octanol–water partition coefficient (Wildman–Crippen LogP) is 2.36. The molecule has 0 spiro atoms. The molecule has 0 aliphatic carbocycles. The number of hydrogen-bond donors (Lipinski definition) is 1. The highest BCUT2D eigenvalue weighted by molar-refractivity contribution is 9.10. The fourth-order valence-corrected chi connectivity index (χ4v) is 2.39. The van der Waals surface area contributed by atoms with Crippen LogP contribution in [0.1, 0.15) is 19.8 Å². The standard InChI is InChI=1S/C13H13BrF2N2O2/c1-2-10-13(20)18(4-3-12(19)17-10)11-6-8(15)7(14)5-9(11)16/h5-6,10H,2-4H2,1H3,(H,17,19). The molecule has 1 saturated heterocycles. The Kier molecular flexibility index (Phi) is 4.37. The van der Waals surface area contributed by atoms with Gasteiger partial charge in [0.15, 0.2) is 0 Å². The first-order valence-electron chi connectivity index (χ1n) is 6.19. The molecule has 4 nitrogen and oxygen atoms in total. The Morgan fingerprint density at radius 3 is 2.70 bits per heavy atom. The largest absolute Gasteiger partial charge is 0.344 e. The maximum absolute atomic E-state index is 14.0. The number of amides is 2. The van der Waals surface area contributed by atoms with E-state index in [1.807, 2.05) is 0 Å². The summed E-state index contributed by atoms with van der Waals surface area (Å²) < 4.78 is 27.5.